The van der Waals surface area contributed by atoms with Gasteiger partial charge in [-0.3, -0.25) is 4.79 Å². The summed E-state index contributed by atoms with van der Waals surface area (Å²) >= 11 is 0. The molecule has 0 aliphatic rings. The Kier molecular flexibility index (Phi) is 9.03. The van der Waals surface area contributed by atoms with E-state index >= 15 is 0 Å². The van der Waals surface area contributed by atoms with Gasteiger partial charge < -0.3 is 20.5 Å². The maximum Gasteiger partial charge on any atom is 0.258 e. The zero-order chi connectivity index (χ0) is 19.2. The number of fused-ring (bicyclic) bond motifs is 1. The Morgan fingerprint density at radius 1 is 1.19 bits per heavy atom. The van der Waals surface area contributed by atoms with Crippen LogP contribution in [0.4, 0.5) is 0 Å². The van der Waals surface area contributed by atoms with E-state index < -0.39 is 0 Å². The molecule has 2 aromatic carbocycles. The average Bonchev–Trinajstić information content (AvgIpc) is 2.59. The van der Waals surface area contributed by atoms with E-state index in [9.17, 15) is 9.90 Å². The number of carbonyl (C=O) groups is 1. The van der Waals surface area contributed by atoms with E-state index in [4.69, 9.17) is 4.74 Å². The molecule has 0 aliphatic carbocycles. The molecule has 0 aromatic heterocycles. The maximum atomic E-state index is 12.1. The standard InChI is InChI=1S/C21H30N2O3.ClH/c1-5-16(13-24)22-12-18-17-9-7-6-8-15(17)10-11-19(18)26-14-20(25)23-21(2,3)4;/h6-11,16,22,24H,5,12-14H2,1-4H3,(H,23,25);1H. The van der Waals surface area contributed by atoms with Crippen LogP contribution < -0.4 is 15.4 Å². The number of hydrogen-bond donors (Lipinski definition) is 3. The van der Waals surface area contributed by atoms with Crippen molar-refractivity contribution in [1.29, 1.82) is 0 Å². The molecule has 27 heavy (non-hydrogen) atoms. The predicted molar refractivity (Wildman–Crippen MR) is 113 cm³/mol. The fourth-order valence-electron chi connectivity index (χ4n) is 2.82. The Morgan fingerprint density at radius 2 is 1.89 bits per heavy atom. The number of halogens is 1. The molecule has 0 saturated carbocycles. The highest BCUT2D eigenvalue weighted by Gasteiger charge is 2.16. The number of carbonyl (C=O) groups excluding carboxylic acids is 1. The topological polar surface area (TPSA) is 70.6 Å². The Bertz CT molecular complexity index is 740. The molecule has 0 heterocycles. The summed E-state index contributed by atoms with van der Waals surface area (Å²) in [6.45, 7) is 8.48. The van der Waals surface area contributed by atoms with Crippen LogP contribution in [0.5, 0.6) is 5.75 Å². The quantitative estimate of drug-likeness (QED) is 0.641. The summed E-state index contributed by atoms with van der Waals surface area (Å²) < 4.78 is 5.84. The van der Waals surface area contributed by atoms with Crippen molar-refractivity contribution in [3.8, 4) is 5.75 Å². The first kappa shape index (κ1) is 23.2. The summed E-state index contributed by atoms with van der Waals surface area (Å²) in [5.41, 5.74) is 0.711. The lowest BCUT2D eigenvalue weighted by Gasteiger charge is -2.21. The van der Waals surface area contributed by atoms with Crippen LogP contribution in [0.1, 0.15) is 39.7 Å². The van der Waals surface area contributed by atoms with Gasteiger partial charge in [0.2, 0.25) is 0 Å². The van der Waals surface area contributed by atoms with Crippen LogP contribution in [0, 0.1) is 0 Å². The fourth-order valence-corrected chi connectivity index (χ4v) is 2.82. The van der Waals surface area contributed by atoms with E-state index in [0.29, 0.717) is 12.3 Å². The molecular weight excluding hydrogens is 364 g/mol. The van der Waals surface area contributed by atoms with Crippen molar-refractivity contribution in [3.63, 3.8) is 0 Å². The van der Waals surface area contributed by atoms with E-state index in [0.717, 1.165) is 22.8 Å². The summed E-state index contributed by atoms with van der Waals surface area (Å²) in [4.78, 5) is 12.1. The Labute approximate surface area is 167 Å². The highest BCUT2D eigenvalue weighted by atomic mass is 35.5. The third-order valence-corrected chi connectivity index (χ3v) is 4.15. The normalized spacial score (nSPS) is 12.3. The number of amides is 1. The fraction of sp³-hybridized carbons (Fsp3) is 0.476. The van der Waals surface area contributed by atoms with Gasteiger partial charge in [0.1, 0.15) is 5.75 Å². The summed E-state index contributed by atoms with van der Waals surface area (Å²) in [5.74, 6) is 0.541. The zero-order valence-corrected chi connectivity index (χ0v) is 17.4. The molecule has 0 bridgehead atoms. The highest BCUT2D eigenvalue weighted by Crippen LogP contribution is 2.28. The second-order valence-corrected chi connectivity index (χ2v) is 7.52. The summed E-state index contributed by atoms with van der Waals surface area (Å²) in [7, 11) is 0. The molecule has 0 spiro atoms. The number of nitrogens with one attached hydrogen (secondary N) is 2. The van der Waals surface area contributed by atoms with E-state index in [1.807, 2.05) is 58.0 Å². The van der Waals surface area contributed by atoms with Crippen LogP contribution in [0.2, 0.25) is 0 Å². The number of benzene rings is 2. The zero-order valence-electron chi connectivity index (χ0n) is 16.5. The predicted octanol–water partition coefficient (Wildman–Crippen LogP) is 3.42. The van der Waals surface area contributed by atoms with E-state index in [1.165, 1.54) is 0 Å². The van der Waals surface area contributed by atoms with E-state index in [1.54, 1.807) is 0 Å². The van der Waals surface area contributed by atoms with Crippen molar-refractivity contribution >= 4 is 29.1 Å². The van der Waals surface area contributed by atoms with Crippen molar-refractivity contribution in [2.45, 2.75) is 52.2 Å². The SMILES string of the molecule is CCC(CO)NCc1c(OCC(=O)NC(C)(C)C)ccc2ccccc12.Cl. The largest absolute Gasteiger partial charge is 0.483 e. The molecule has 2 rings (SSSR count). The van der Waals surface area contributed by atoms with Gasteiger partial charge in [0.25, 0.3) is 5.91 Å². The van der Waals surface area contributed by atoms with Gasteiger partial charge >= 0.3 is 0 Å². The second-order valence-electron chi connectivity index (χ2n) is 7.52. The highest BCUT2D eigenvalue weighted by molar-refractivity contribution is 5.88. The Hall–Kier alpha value is -1.82. The minimum atomic E-state index is -0.288. The number of ether oxygens (including phenoxy) is 1. The van der Waals surface area contributed by atoms with Crippen LogP contribution >= 0.6 is 12.4 Å². The third-order valence-electron chi connectivity index (χ3n) is 4.15. The molecule has 1 amide bonds. The molecule has 5 nitrogen and oxygen atoms in total. The first-order valence-electron chi connectivity index (χ1n) is 9.12. The molecule has 0 fully saturated rings. The molecule has 2 aromatic rings. The summed E-state index contributed by atoms with van der Waals surface area (Å²) in [6.07, 6.45) is 0.839. The second kappa shape index (κ2) is 10.5. The molecule has 150 valence electrons. The summed E-state index contributed by atoms with van der Waals surface area (Å²) in [6, 6.07) is 12.0. The summed E-state index contributed by atoms with van der Waals surface area (Å²) in [5, 5.41) is 17.9. The van der Waals surface area contributed by atoms with E-state index in [-0.39, 0.29) is 43.1 Å². The van der Waals surface area contributed by atoms with Crippen LogP contribution in [-0.4, -0.2) is 35.8 Å². The van der Waals surface area contributed by atoms with Crippen LogP contribution in [0.3, 0.4) is 0 Å². The molecule has 6 heteroatoms. The third kappa shape index (κ3) is 7.01. The van der Waals surface area contributed by atoms with Gasteiger partial charge in [0.15, 0.2) is 6.61 Å². The lowest BCUT2D eigenvalue weighted by molar-refractivity contribution is -0.124. The monoisotopic (exact) mass is 394 g/mol. The minimum absolute atomic E-state index is 0. The van der Waals surface area contributed by atoms with Gasteiger partial charge in [-0.1, -0.05) is 37.3 Å². The first-order valence-corrected chi connectivity index (χ1v) is 9.12. The average molecular weight is 395 g/mol. The number of rotatable bonds is 8. The Morgan fingerprint density at radius 3 is 2.52 bits per heavy atom. The van der Waals surface area contributed by atoms with Crippen molar-refractivity contribution < 1.29 is 14.6 Å². The van der Waals surface area contributed by atoms with Gasteiger partial charge in [0, 0.05) is 23.7 Å². The van der Waals surface area contributed by atoms with Gasteiger partial charge in [0.05, 0.1) is 6.61 Å². The smallest absolute Gasteiger partial charge is 0.258 e. The van der Waals surface area contributed by atoms with Gasteiger partial charge in [-0.2, -0.15) is 0 Å². The number of aliphatic hydroxyl groups is 1. The van der Waals surface area contributed by atoms with Crippen LogP contribution in [0.25, 0.3) is 10.8 Å². The molecule has 0 aliphatic heterocycles. The first-order chi connectivity index (χ1) is 12.3. The molecule has 1 unspecified atom stereocenters. The van der Waals surface area contributed by atoms with Crippen molar-refractivity contribution in [3.05, 3.63) is 42.0 Å². The Balaban J connectivity index is 0.00000364. The maximum absolute atomic E-state index is 12.1. The molecule has 3 N–H and O–H groups in total. The minimum Gasteiger partial charge on any atom is -0.483 e. The molecule has 1 atom stereocenters. The molecule has 0 saturated heterocycles. The lowest BCUT2D eigenvalue weighted by atomic mass is 10.0. The van der Waals surface area contributed by atoms with Crippen LogP contribution in [0.15, 0.2) is 36.4 Å². The van der Waals surface area contributed by atoms with E-state index in [2.05, 4.69) is 16.7 Å². The van der Waals surface area contributed by atoms with Gasteiger partial charge in [-0.05, 0) is 44.0 Å². The van der Waals surface area contributed by atoms with Crippen molar-refractivity contribution in [2.24, 2.45) is 0 Å². The lowest BCUT2D eigenvalue weighted by Crippen LogP contribution is -2.43. The van der Waals surface area contributed by atoms with Crippen LogP contribution in [-0.2, 0) is 11.3 Å². The van der Waals surface area contributed by atoms with Crippen molar-refractivity contribution in [1.82, 2.24) is 10.6 Å². The molecule has 0 radical (unpaired) electrons. The number of hydrogen-bond acceptors (Lipinski definition) is 4. The van der Waals surface area contributed by atoms with Gasteiger partial charge in [-0.15, -0.1) is 12.4 Å². The number of aliphatic hydroxyl groups excluding tert-OH is 1. The van der Waals surface area contributed by atoms with Gasteiger partial charge in [-0.25, -0.2) is 0 Å². The molecular formula is C21H31ClN2O3. The van der Waals surface area contributed by atoms with Crippen molar-refractivity contribution in [2.75, 3.05) is 13.2 Å².